The maximum atomic E-state index is 12.1. The summed E-state index contributed by atoms with van der Waals surface area (Å²) >= 11 is 0. The first-order chi connectivity index (χ1) is 8.81. The van der Waals surface area contributed by atoms with E-state index in [1.54, 1.807) is 7.11 Å². The molecule has 0 amide bonds. The molecule has 96 valence electrons. The molecule has 2 heterocycles. The standard InChI is InChI=1S/C10H13N5O3/c1-17-4-5-18-9-7-8(11-13-9)10(16)15(14-12-7)6-2-3-6/h6H,2-5H2,1H3,(H,11,13). The van der Waals surface area contributed by atoms with Gasteiger partial charge >= 0.3 is 0 Å². The molecule has 0 atom stereocenters. The minimum atomic E-state index is -0.198. The molecule has 1 fully saturated rings. The minimum absolute atomic E-state index is 0.190. The molecule has 8 heteroatoms. The van der Waals surface area contributed by atoms with E-state index in [1.165, 1.54) is 4.68 Å². The quantitative estimate of drug-likeness (QED) is 0.744. The van der Waals surface area contributed by atoms with Gasteiger partial charge in [-0.2, -0.15) is 0 Å². The highest BCUT2D eigenvalue weighted by Crippen LogP contribution is 2.32. The monoisotopic (exact) mass is 251 g/mol. The van der Waals surface area contributed by atoms with Crippen LogP contribution in [0.3, 0.4) is 0 Å². The molecule has 0 bridgehead atoms. The van der Waals surface area contributed by atoms with E-state index in [0.717, 1.165) is 12.8 Å². The molecule has 1 aliphatic rings. The van der Waals surface area contributed by atoms with Crippen LogP contribution in [0.15, 0.2) is 4.79 Å². The maximum Gasteiger partial charge on any atom is 0.296 e. The van der Waals surface area contributed by atoms with Gasteiger partial charge in [0.15, 0.2) is 11.0 Å². The van der Waals surface area contributed by atoms with E-state index < -0.39 is 0 Å². The van der Waals surface area contributed by atoms with E-state index in [1.807, 2.05) is 0 Å². The lowest BCUT2D eigenvalue weighted by Crippen LogP contribution is -2.23. The van der Waals surface area contributed by atoms with Crippen molar-refractivity contribution in [2.45, 2.75) is 18.9 Å². The third-order valence-corrected chi connectivity index (χ3v) is 2.79. The molecular formula is C10H13N5O3. The molecule has 2 aromatic rings. The first kappa shape index (κ1) is 11.1. The third-order valence-electron chi connectivity index (χ3n) is 2.79. The Morgan fingerprint density at radius 1 is 1.44 bits per heavy atom. The van der Waals surface area contributed by atoms with Crippen molar-refractivity contribution >= 4 is 11.0 Å². The normalized spacial score (nSPS) is 15.2. The third kappa shape index (κ3) is 1.84. The Morgan fingerprint density at radius 3 is 3.00 bits per heavy atom. The van der Waals surface area contributed by atoms with Crippen LogP contribution >= 0.6 is 0 Å². The predicted octanol–water partition coefficient (Wildman–Crippen LogP) is -0.125. The molecule has 0 saturated heterocycles. The summed E-state index contributed by atoms with van der Waals surface area (Å²) in [5.41, 5.74) is 0.508. The molecule has 18 heavy (non-hydrogen) atoms. The summed E-state index contributed by atoms with van der Waals surface area (Å²) in [5.74, 6) is 0.287. The zero-order valence-electron chi connectivity index (χ0n) is 9.92. The summed E-state index contributed by atoms with van der Waals surface area (Å²) in [4.78, 5) is 12.1. The highest BCUT2D eigenvalue weighted by Gasteiger charge is 2.27. The smallest absolute Gasteiger partial charge is 0.296 e. The number of hydrogen-bond donors (Lipinski definition) is 1. The number of hydrogen-bond acceptors (Lipinski definition) is 6. The Bertz CT molecular complexity index is 615. The van der Waals surface area contributed by atoms with Crippen LogP contribution in [0.5, 0.6) is 5.88 Å². The minimum Gasteiger partial charge on any atom is -0.473 e. The van der Waals surface area contributed by atoms with E-state index in [2.05, 4.69) is 20.5 Å². The molecule has 1 saturated carbocycles. The summed E-state index contributed by atoms with van der Waals surface area (Å²) < 4.78 is 11.6. The molecule has 2 aromatic heterocycles. The van der Waals surface area contributed by atoms with E-state index >= 15 is 0 Å². The van der Waals surface area contributed by atoms with Gasteiger partial charge < -0.3 is 9.47 Å². The number of rotatable bonds is 5. The average Bonchev–Trinajstić information content (AvgIpc) is 3.12. The van der Waals surface area contributed by atoms with Crippen molar-refractivity contribution in [3.8, 4) is 5.88 Å². The summed E-state index contributed by atoms with van der Waals surface area (Å²) in [6, 6.07) is 0.190. The van der Waals surface area contributed by atoms with Gasteiger partial charge in [-0.05, 0) is 12.8 Å². The first-order valence-corrected chi connectivity index (χ1v) is 5.76. The van der Waals surface area contributed by atoms with Crippen molar-refractivity contribution in [3.05, 3.63) is 10.4 Å². The number of fused-ring (bicyclic) bond motifs is 1. The largest absolute Gasteiger partial charge is 0.473 e. The lowest BCUT2D eigenvalue weighted by molar-refractivity contribution is 0.144. The Labute approximate surface area is 102 Å². The first-order valence-electron chi connectivity index (χ1n) is 5.76. The zero-order valence-corrected chi connectivity index (χ0v) is 9.92. The molecule has 0 spiro atoms. The van der Waals surface area contributed by atoms with E-state index in [0.29, 0.717) is 24.2 Å². The molecule has 1 aliphatic carbocycles. The summed E-state index contributed by atoms with van der Waals surface area (Å²) in [5, 5.41) is 14.5. The number of H-pyrrole nitrogens is 1. The number of nitrogens with zero attached hydrogens (tertiary/aromatic N) is 4. The number of aromatic nitrogens is 5. The van der Waals surface area contributed by atoms with Gasteiger partial charge in [-0.3, -0.25) is 9.89 Å². The van der Waals surface area contributed by atoms with Crippen LogP contribution in [0.1, 0.15) is 18.9 Å². The fraction of sp³-hybridized carbons (Fsp3) is 0.600. The van der Waals surface area contributed by atoms with Gasteiger partial charge in [0.2, 0.25) is 0 Å². The van der Waals surface area contributed by atoms with Crippen molar-refractivity contribution in [1.82, 2.24) is 25.2 Å². The van der Waals surface area contributed by atoms with Gasteiger partial charge in [0, 0.05) is 7.11 Å². The second kappa shape index (κ2) is 4.37. The topological polar surface area (TPSA) is 94.9 Å². The Kier molecular flexibility index (Phi) is 2.71. The van der Waals surface area contributed by atoms with Crippen LogP contribution in [-0.2, 0) is 4.74 Å². The van der Waals surface area contributed by atoms with Crippen molar-refractivity contribution in [3.63, 3.8) is 0 Å². The fourth-order valence-electron chi connectivity index (χ4n) is 1.69. The Morgan fingerprint density at radius 2 is 2.28 bits per heavy atom. The second-order valence-corrected chi connectivity index (χ2v) is 4.16. The number of methoxy groups -OCH3 is 1. The molecule has 0 unspecified atom stereocenters. The molecule has 3 rings (SSSR count). The van der Waals surface area contributed by atoms with Crippen LogP contribution in [0.2, 0.25) is 0 Å². The van der Waals surface area contributed by atoms with Gasteiger partial charge in [0.1, 0.15) is 6.61 Å². The molecular weight excluding hydrogens is 238 g/mol. The van der Waals surface area contributed by atoms with Crippen LogP contribution in [-0.4, -0.2) is 45.5 Å². The van der Waals surface area contributed by atoms with Crippen LogP contribution in [0.4, 0.5) is 0 Å². The zero-order chi connectivity index (χ0) is 12.5. The fourth-order valence-corrected chi connectivity index (χ4v) is 1.69. The molecule has 1 N–H and O–H groups in total. The van der Waals surface area contributed by atoms with Crippen molar-refractivity contribution < 1.29 is 9.47 Å². The van der Waals surface area contributed by atoms with Crippen LogP contribution < -0.4 is 10.3 Å². The summed E-state index contributed by atoms with van der Waals surface area (Å²) in [6.45, 7) is 0.796. The second-order valence-electron chi connectivity index (χ2n) is 4.16. The Balaban J connectivity index is 1.94. The lowest BCUT2D eigenvalue weighted by atomic mass is 10.4. The molecule has 0 aromatic carbocycles. The molecule has 0 aliphatic heterocycles. The van der Waals surface area contributed by atoms with Crippen LogP contribution in [0.25, 0.3) is 11.0 Å². The Hall–Kier alpha value is -1.96. The molecule has 0 radical (unpaired) electrons. The van der Waals surface area contributed by atoms with Crippen molar-refractivity contribution in [2.24, 2.45) is 0 Å². The maximum absolute atomic E-state index is 12.1. The highest BCUT2D eigenvalue weighted by atomic mass is 16.5. The van der Waals surface area contributed by atoms with E-state index in [9.17, 15) is 4.79 Å². The molecule has 8 nitrogen and oxygen atoms in total. The summed E-state index contributed by atoms with van der Waals surface area (Å²) in [7, 11) is 1.58. The predicted molar refractivity (Wildman–Crippen MR) is 61.6 cm³/mol. The number of ether oxygens (including phenoxy) is 2. The lowest BCUT2D eigenvalue weighted by Gasteiger charge is -2.01. The summed E-state index contributed by atoms with van der Waals surface area (Å²) in [6.07, 6.45) is 1.96. The van der Waals surface area contributed by atoms with Gasteiger partial charge in [-0.25, -0.2) is 4.68 Å². The van der Waals surface area contributed by atoms with Crippen LogP contribution in [0, 0.1) is 0 Å². The van der Waals surface area contributed by atoms with E-state index in [4.69, 9.17) is 9.47 Å². The van der Waals surface area contributed by atoms with E-state index in [-0.39, 0.29) is 17.5 Å². The number of aromatic amines is 1. The number of nitrogens with one attached hydrogen (secondary N) is 1. The van der Waals surface area contributed by atoms with Crippen molar-refractivity contribution in [2.75, 3.05) is 20.3 Å². The van der Waals surface area contributed by atoms with Gasteiger partial charge in [-0.1, -0.05) is 5.21 Å². The van der Waals surface area contributed by atoms with Gasteiger partial charge in [0.05, 0.1) is 12.6 Å². The SMILES string of the molecule is COCCOc1n[nH]c2c(=O)n(C3CC3)nnc12. The van der Waals surface area contributed by atoms with Crippen molar-refractivity contribution in [1.29, 1.82) is 0 Å². The highest BCUT2D eigenvalue weighted by molar-refractivity contribution is 5.77. The van der Waals surface area contributed by atoms with Gasteiger partial charge in [-0.15, -0.1) is 10.2 Å². The average molecular weight is 251 g/mol. The van der Waals surface area contributed by atoms with Gasteiger partial charge in [0.25, 0.3) is 11.4 Å².